The topological polar surface area (TPSA) is 34.4 Å². The summed E-state index contributed by atoms with van der Waals surface area (Å²) in [5.41, 5.74) is 4.20. The Balaban J connectivity index is 2.49. The van der Waals surface area contributed by atoms with Gasteiger partial charge in [0, 0.05) is 11.9 Å². The molecule has 80 valence electrons. The summed E-state index contributed by atoms with van der Waals surface area (Å²) in [6, 6.07) is 8.03. The number of benzene rings is 1. The van der Waals surface area contributed by atoms with E-state index in [0.29, 0.717) is 0 Å². The zero-order chi connectivity index (χ0) is 11.1. The van der Waals surface area contributed by atoms with Crippen molar-refractivity contribution in [3.63, 3.8) is 0 Å². The van der Waals surface area contributed by atoms with Crippen LogP contribution in [0.1, 0.15) is 18.2 Å². The lowest BCUT2D eigenvalue weighted by atomic mass is 10.0. The number of hydrogen-bond donors (Lipinski definition) is 0. The summed E-state index contributed by atoms with van der Waals surface area (Å²) in [6.45, 7) is 2.79. The maximum Gasteiger partial charge on any atom is 0.218 e. The molecular weight excluding hydrogens is 200 g/mol. The molecule has 2 heterocycles. The molecule has 1 aromatic heterocycles. The number of nitrogens with zero attached hydrogens (tertiary/aromatic N) is 2. The van der Waals surface area contributed by atoms with Crippen molar-refractivity contribution in [2.75, 3.05) is 6.54 Å². The minimum absolute atomic E-state index is 0.825. The molecule has 2 aromatic rings. The van der Waals surface area contributed by atoms with E-state index in [-0.39, 0.29) is 0 Å². The third-order valence-corrected chi connectivity index (χ3v) is 3.17. The normalized spacial score (nSPS) is 14.7. The standard InChI is InChI=1S/C13H12N2O/c1-9-13-11(6-7-14-9)10-4-2-3-5-12(10)15(13)8-16/h2-5,8H,6-7H2,1H3. The van der Waals surface area contributed by atoms with Gasteiger partial charge in [-0.25, -0.2) is 0 Å². The first-order valence-electron chi connectivity index (χ1n) is 5.41. The molecule has 1 aliphatic heterocycles. The molecule has 3 nitrogen and oxygen atoms in total. The predicted octanol–water partition coefficient (Wildman–Crippen LogP) is 2.04. The average molecular weight is 212 g/mol. The first kappa shape index (κ1) is 9.33. The van der Waals surface area contributed by atoms with Crippen LogP contribution in [0.4, 0.5) is 0 Å². The molecule has 0 fully saturated rings. The summed E-state index contributed by atoms with van der Waals surface area (Å²) in [7, 11) is 0. The van der Waals surface area contributed by atoms with Gasteiger partial charge in [-0.15, -0.1) is 0 Å². The first-order valence-corrected chi connectivity index (χ1v) is 5.41. The van der Waals surface area contributed by atoms with E-state index in [1.165, 1.54) is 10.9 Å². The minimum Gasteiger partial charge on any atom is -0.288 e. The Morgan fingerprint density at radius 3 is 3.00 bits per heavy atom. The van der Waals surface area contributed by atoms with Crippen molar-refractivity contribution in [3.05, 3.63) is 35.5 Å². The van der Waals surface area contributed by atoms with Crippen LogP contribution in [0, 0.1) is 0 Å². The number of carbonyl (C=O) groups is 1. The quantitative estimate of drug-likeness (QED) is 0.666. The van der Waals surface area contributed by atoms with E-state index in [0.717, 1.165) is 36.3 Å². The third kappa shape index (κ3) is 1.08. The molecular formula is C13H12N2O. The SMILES string of the molecule is CC1=NCCc2c1n(C=O)c1ccccc21. The van der Waals surface area contributed by atoms with Gasteiger partial charge in [0.1, 0.15) is 0 Å². The van der Waals surface area contributed by atoms with Crippen molar-refractivity contribution in [1.82, 2.24) is 4.57 Å². The van der Waals surface area contributed by atoms with Crippen molar-refractivity contribution in [2.45, 2.75) is 13.3 Å². The predicted molar refractivity (Wildman–Crippen MR) is 64.9 cm³/mol. The van der Waals surface area contributed by atoms with Crippen molar-refractivity contribution in [2.24, 2.45) is 4.99 Å². The average Bonchev–Trinajstić information content (AvgIpc) is 2.65. The smallest absolute Gasteiger partial charge is 0.218 e. The largest absolute Gasteiger partial charge is 0.288 e. The van der Waals surface area contributed by atoms with E-state index in [1.807, 2.05) is 25.1 Å². The van der Waals surface area contributed by atoms with Crippen LogP contribution in [0.3, 0.4) is 0 Å². The van der Waals surface area contributed by atoms with Gasteiger partial charge in [0.05, 0.1) is 16.9 Å². The molecule has 0 saturated heterocycles. The van der Waals surface area contributed by atoms with Crippen molar-refractivity contribution in [3.8, 4) is 0 Å². The molecule has 0 unspecified atom stereocenters. The molecule has 0 atom stereocenters. The number of hydrogen-bond acceptors (Lipinski definition) is 2. The highest BCUT2D eigenvalue weighted by Crippen LogP contribution is 2.28. The van der Waals surface area contributed by atoms with Crippen LogP contribution < -0.4 is 0 Å². The molecule has 0 saturated carbocycles. The zero-order valence-electron chi connectivity index (χ0n) is 9.10. The number of carbonyl (C=O) groups excluding carboxylic acids is 1. The lowest BCUT2D eigenvalue weighted by Crippen LogP contribution is -2.13. The van der Waals surface area contributed by atoms with Crippen molar-refractivity contribution in [1.29, 1.82) is 0 Å². The van der Waals surface area contributed by atoms with Gasteiger partial charge in [-0.05, 0) is 25.0 Å². The van der Waals surface area contributed by atoms with Crippen molar-refractivity contribution < 1.29 is 4.79 Å². The fourth-order valence-corrected chi connectivity index (χ4v) is 2.50. The van der Waals surface area contributed by atoms with Crippen LogP contribution in [0.25, 0.3) is 10.9 Å². The molecule has 0 N–H and O–H groups in total. The summed E-state index contributed by atoms with van der Waals surface area (Å²) < 4.78 is 1.71. The number of fused-ring (bicyclic) bond motifs is 3. The summed E-state index contributed by atoms with van der Waals surface area (Å²) >= 11 is 0. The van der Waals surface area contributed by atoms with E-state index in [4.69, 9.17) is 0 Å². The van der Waals surface area contributed by atoms with E-state index >= 15 is 0 Å². The first-order chi connectivity index (χ1) is 7.83. The monoisotopic (exact) mass is 212 g/mol. The number of rotatable bonds is 1. The fourth-order valence-electron chi connectivity index (χ4n) is 2.50. The summed E-state index contributed by atoms with van der Waals surface area (Å²) in [4.78, 5) is 15.6. The molecule has 0 bridgehead atoms. The van der Waals surface area contributed by atoms with E-state index in [9.17, 15) is 4.79 Å². The van der Waals surface area contributed by atoms with E-state index in [2.05, 4.69) is 11.1 Å². The van der Waals surface area contributed by atoms with E-state index in [1.54, 1.807) is 4.57 Å². The fraction of sp³-hybridized carbons (Fsp3) is 0.231. The van der Waals surface area contributed by atoms with Gasteiger partial charge in [0.15, 0.2) is 0 Å². The Bertz CT molecular complexity index is 608. The lowest BCUT2D eigenvalue weighted by Gasteiger charge is -2.11. The second kappa shape index (κ2) is 3.30. The highest BCUT2D eigenvalue weighted by atomic mass is 16.1. The maximum absolute atomic E-state index is 11.2. The van der Waals surface area contributed by atoms with Crippen LogP contribution in [-0.4, -0.2) is 23.2 Å². The number of para-hydroxylation sites is 1. The Hall–Kier alpha value is -1.90. The summed E-state index contributed by atoms with van der Waals surface area (Å²) in [5, 5.41) is 1.18. The minimum atomic E-state index is 0.825. The van der Waals surface area contributed by atoms with Crippen LogP contribution >= 0.6 is 0 Å². The maximum atomic E-state index is 11.2. The van der Waals surface area contributed by atoms with Crippen LogP contribution in [0.15, 0.2) is 29.3 Å². The molecule has 0 aliphatic carbocycles. The van der Waals surface area contributed by atoms with Gasteiger partial charge in [-0.1, -0.05) is 18.2 Å². The molecule has 0 spiro atoms. The second-order valence-corrected chi connectivity index (χ2v) is 4.04. The van der Waals surface area contributed by atoms with Crippen LogP contribution in [-0.2, 0) is 11.2 Å². The lowest BCUT2D eigenvalue weighted by molar-refractivity contribution is 0.548. The summed E-state index contributed by atoms with van der Waals surface area (Å²) in [5.74, 6) is 0. The Morgan fingerprint density at radius 1 is 1.38 bits per heavy atom. The number of aromatic nitrogens is 1. The second-order valence-electron chi connectivity index (χ2n) is 4.04. The summed E-state index contributed by atoms with van der Waals surface area (Å²) in [6.07, 6.45) is 1.81. The third-order valence-electron chi connectivity index (χ3n) is 3.17. The highest BCUT2D eigenvalue weighted by molar-refractivity contribution is 6.07. The van der Waals surface area contributed by atoms with Crippen molar-refractivity contribution >= 4 is 23.0 Å². The van der Waals surface area contributed by atoms with Crippen LogP contribution in [0.2, 0.25) is 0 Å². The Kier molecular flexibility index (Phi) is 1.93. The molecule has 0 amide bonds. The highest BCUT2D eigenvalue weighted by Gasteiger charge is 2.20. The molecule has 16 heavy (non-hydrogen) atoms. The molecule has 3 rings (SSSR count). The molecule has 1 aromatic carbocycles. The molecule has 1 aliphatic rings. The zero-order valence-corrected chi connectivity index (χ0v) is 9.10. The van der Waals surface area contributed by atoms with Crippen LogP contribution in [0.5, 0.6) is 0 Å². The molecule has 0 radical (unpaired) electrons. The van der Waals surface area contributed by atoms with Gasteiger partial charge in [0.2, 0.25) is 6.41 Å². The van der Waals surface area contributed by atoms with Gasteiger partial charge in [-0.3, -0.25) is 14.4 Å². The van der Waals surface area contributed by atoms with Gasteiger partial charge in [-0.2, -0.15) is 0 Å². The van der Waals surface area contributed by atoms with Gasteiger partial charge in [0.25, 0.3) is 0 Å². The Labute approximate surface area is 93.4 Å². The van der Waals surface area contributed by atoms with Gasteiger partial charge >= 0.3 is 0 Å². The van der Waals surface area contributed by atoms with E-state index < -0.39 is 0 Å². The number of aliphatic imine (C=N–C) groups is 1. The Morgan fingerprint density at radius 2 is 2.19 bits per heavy atom. The molecule has 3 heteroatoms. The van der Waals surface area contributed by atoms with Gasteiger partial charge < -0.3 is 0 Å².